The Bertz CT molecular complexity index is 981. The van der Waals surface area contributed by atoms with Gasteiger partial charge in [0.05, 0.1) is 23.4 Å². The van der Waals surface area contributed by atoms with Gasteiger partial charge in [-0.05, 0) is 31.0 Å². The lowest BCUT2D eigenvalue weighted by Crippen LogP contribution is -2.18. The fourth-order valence-electron chi connectivity index (χ4n) is 3.68. The Morgan fingerprint density at radius 3 is 2.57 bits per heavy atom. The number of ether oxygens (including phenoxy) is 1. The molecule has 0 unspecified atom stereocenters. The van der Waals surface area contributed by atoms with Crippen molar-refractivity contribution < 1.29 is 9.53 Å². The second kappa shape index (κ2) is 7.98. The number of nitrogens with two attached hydrogens (primary N) is 1. The van der Waals surface area contributed by atoms with Gasteiger partial charge in [-0.2, -0.15) is 4.98 Å². The molecule has 1 aromatic carbocycles. The van der Waals surface area contributed by atoms with Gasteiger partial charge in [0.15, 0.2) is 0 Å². The van der Waals surface area contributed by atoms with Crippen LogP contribution in [0.2, 0.25) is 5.02 Å². The van der Waals surface area contributed by atoms with Crippen LogP contribution in [-0.2, 0) is 0 Å². The lowest BCUT2D eigenvalue weighted by molar-refractivity contribution is 0.207. The van der Waals surface area contributed by atoms with E-state index in [1.165, 1.54) is 19.3 Å². The van der Waals surface area contributed by atoms with Gasteiger partial charge < -0.3 is 15.0 Å². The Kier molecular flexibility index (Phi) is 5.25. The van der Waals surface area contributed by atoms with E-state index >= 15 is 0 Å². The van der Waals surface area contributed by atoms with E-state index in [2.05, 4.69) is 19.5 Å². The quantitative estimate of drug-likeness (QED) is 0.692. The first kappa shape index (κ1) is 18.4. The van der Waals surface area contributed by atoms with Crippen LogP contribution in [0.4, 0.5) is 4.79 Å². The Morgan fingerprint density at radius 1 is 1.11 bits per heavy atom. The number of nitrogens with zero attached hydrogens (tertiary/aromatic N) is 4. The van der Waals surface area contributed by atoms with Crippen molar-refractivity contribution in [3.05, 3.63) is 47.9 Å². The molecule has 0 spiro atoms. The van der Waals surface area contributed by atoms with Crippen molar-refractivity contribution in [3.63, 3.8) is 0 Å². The monoisotopic (exact) mass is 397 g/mol. The molecule has 0 atom stereocenters. The fraction of sp³-hybridized carbons (Fsp3) is 0.300. The minimum atomic E-state index is -0.948. The normalized spacial score (nSPS) is 14.8. The summed E-state index contributed by atoms with van der Waals surface area (Å²) in [7, 11) is 0. The van der Waals surface area contributed by atoms with Crippen LogP contribution in [0.15, 0.2) is 42.9 Å². The number of amides is 1. The molecule has 1 fully saturated rings. The van der Waals surface area contributed by atoms with Gasteiger partial charge in [-0.3, -0.25) is 0 Å². The Morgan fingerprint density at radius 2 is 1.86 bits per heavy atom. The molecule has 0 saturated heterocycles. The Hall–Kier alpha value is -2.93. The molecule has 1 aliphatic rings. The minimum Gasteiger partial charge on any atom is -0.374 e. The van der Waals surface area contributed by atoms with Crippen LogP contribution in [0.3, 0.4) is 0 Å². The maximum absolute atomic E-state index is 11.1. The molecule has 7 nitrogen and oxygen atoms in total. The Balaban J connectivity index is 1.83. The first-order chi connectivity index (χ1) is 13.6. The molecule has 3 aromatic rings. The van der Waals surface area contributed by atoms with E-state index in [9.17, 15) is 4.79 Å². The second-order valence-corrected chi connectivity index (χ2v) is 7.23. The summed E-state index contributed by atoms with van der Waals surface area (Å²) < 4.78 is 7.05. The number of hydrogen-bond donors (Lipinski definition) is 1. The fourth-order valence-corrected chi connectivity index (χ4v) is 3.81. The number of imidazole rings is 1. The zero-order chi connectivity index (χ0) is 19.5. The molecule has 4 rings (SSSR count). The molecular formula is C20H20ClN5O2. The molecule has 0 bridgehead atoms. The van der Waals surface area contributed by atoms with E-state index in [0.717, 1.165) is 29.8 Å². The van der Waals surface area contributed by atoms with Crippen LogP contribution in [0.1, 0.15) is 38.1 Å². The maximum Gasteiger partial charge on any atom is 0.412 e. The van der Waals surface area contributed by atoms with E-state index in [1.807, 2.05) is 30.6 Å². The SMILES string of the molecule is NC(=O)Oc1nccc(-c2c(-c3ccc(Cl)cc3)ncn2C2CCCCC2)n1. The highest BCUT2D eigenvalue weighted by Crippen LogP contribution is 2.37. The summed E-state index contributed by atoms with van der Waals surface area (Å²) in [6.07, 6.45) is 8.30. The van der Waals surface area contributed by atoms with Gasteiger partial charge in [0, 0.05) is 22.8 Å². The van der Waals surface area contributed by atoms with Gasteiger partial charge in [0.25, 0.3) is 0 Å². The summed E-state index contributed by atoms with van der Waals surface area (Å²) in [4.78, 5) is 24.1. The maximum atomic E-state index is 11.1. The summed E-state index contributed by atoms with van der Waals surface area (Å²) in [5.74, 6) is 0. The van der Waals surface area contributed by atoms with Gasteiger partial charge in [0.1, 0.15) is 0 Å². The Labute approximate surface area is 167 Å². The zero-order valence-corrected chi connectivity index (χ0v) is 16.0. The average Bonchev–Trinajstić information content (AvgIpc) is 3.14. The van der Waals surface area contributed by atoms with E-state index in [1.54, 1.807) is 12.3 Å². The molecule has 144 valence electrons. The van der Waals surface area contributed by atoms with Crippen LogP contribution in [0.25, 0.3) is 22.6 Å². The van der Waals surface area contributed by atoms with Crippen molar-refractivity contribution in [1.29, 1.82) is 0 Å². The summed E-state index contributed by atoms with van der Waals surface area (Å²) in [6, 6.07) is 9.59. The molecule has 1 amide bonds. The molecule has 28 heavy (non-hydrogen) atoms. The smallest absolute Gasteiger partial charge is 0.374 e. The lowest BCUT2D eigenvalue weighted by atomic mass is 9.95. The number of aromatic nitrogens is 4. The molecule has 1 saturated carbocycles. The zero-order valence-electron chi connectivity index (χ0n) is 15.2. The lowest BCUT2D eigenvalue weighted by Gasteiger charge is -2.25. The van der Waals surface area contributed by atoms with Gasteiger partial charge in [-0.25, -0.2) is 14.8 Å². The van der Waals surface area contributed by atoms with Crippen molar-refractivity contribution in [1.82, 2.24) is 19.5 Å². The second-order valence-electron chi connectivity index (χ2n) is 6.79. The molecule has 2 heterocycles. The first-order valence-corrected chi connectivity index (χ1v) is 9.63. The first-order valence-electron chi connectivity index (χ1n) is 9.25. The number of carbonyl (C=O) groups is 1. The van der Waals surface area contributed by atoms with Crippen molar-refractivity contribution >= 4 is 17.7 Å². The third-order valence-corrected chi connectivity index (χ3v) is 5.20. The molecule has 8 heteroatoms. The van der Waals surface area contributed by atoms with E-state index < -0.39 is 6.09 Å². The molecule has 0 radical (unpaired) electrons. The number of benzene rings is 1. The standard InChI is InChI=1S/C20H20ClN5O2/c21-14-8-6-13(7-9-14)17-18(16-10-11-23-20(25-16)28-19(22)27)26(12-24-17)15-4-2-1-3-5-15/h6-12,15H,1-5H2,(H2,22,27). The molecule has 2 aromatic heterocycles. The van der Waals surface area contributed by atoms with Crippen LogP contribution in [0.5, 0.6) is 6.01 Å². The van der Waals surface area contributed by atoms with Crippen LogP contribution in [-0.4, -0.2) is 25.6 Å². The highest BCUT2D eigenvalue weighted by molar-refractivity contribution is 6.30. The van der Waals surface area contributed by atoms with Crippen molar-refractivity contribution in [3.8, 4) is 28.7 Å². The third kappa shape index (κ3) is 3.84. The van der Waals surface area contributed by atoms with Crippen molar-refractivity contribution in [2.45, 2.75) is 38.1 Å². The van der Waals surface area contributed by atoms with E-state index in [0.29, 0.717) is 16.8 Å². The summed E-state index contributed by atoms with van der Waals surface area (Å²) >= 11 is 6.05. The molecule has 1 aliphatic carbocycles. The van der Waals surface area contributed by atoms with E-state index in [4.69, 9.17) is 22.1 Å². The number of primary amides is 1. The van der Waals surface area contributed by atoms with Crippen molar-refractivity contribution in [2.75, 3.05) is 0 Å². The number of halogens is 1. The van der Waals surface area contributed by atoms with Crippen molar-refractivity contribution in [2.24, 2.45) is 5.73 Å². The van der Waals surface area contributed by atoms with E-state index in [-0.39, 0.29) is 6.01 Å². The highest BCUT2D eigenvalue weighted by atomic mass is 35.5. The predicted molar refractivity (Wildman–Crippen MR) is 106 cm³/mol. The molecule has 2 N–H and O–H groups in total. The summed E-state index contributed by atoms with van der Waals surface area (Å²) in [6.45, 7) is 0. The molecular weight excluding hydrogens is 378 g/mol. The largest absolute Gasteiger partial charge is 0.412 e. The molecule has 0 aliphatic heterocycles. The number of carbonyl (C=O) groups excluding carboxylic acids is 1. The van der Waals surface area contributed by atoms with Gasteiger partial charge in [-0.15, -0.1) is 0 Å². The highest BCUT2D eigenvalue weighted by Gasteiger charge is 2.23. The predicted octanol–water partition coefficient (Wildman–Crippen LogP) is 4.62. The summed E-state index contributed by atoms with van der Waals surface area (Å²) in [5, 5.41) is 0.663. The number of hydrogen-bond acceptors (Lipinski definition) is 5. The third-order valence-electron chi connectivity index (χ3n) is 4.95. The van der Waals surface area contributed by atoms with Crippen LogP contribution >= 0.6 is 11.6 Å². The topological polar surface area (TPSA) is 95.9 Å². The van der Waals surface area contributed by atoms with Gasteiger partial charge in [0.2, 0.25) is 0 Å². The summed E-state index contributed by atoms with van der Waals surface area (Å²) in [5.41, 5.74) is 8.33. The van der Waals surface area contributed by atoms with Gasteiger partial charge in [-0.1, -0.05) is 43.0 Å². The van der Waals surface area contributed by atoms with Crippen LogP contribution < -0.4 is 10.5 Å². The minimum absolute atomic E-state index is 0.0801. The number of rotatable bonds is 4. The van der Waals surface area contributed by atoms with Crippen LogP contribution in [0, 0.1) is 0 Å². The average molecular weight is 398 g/mol. The van der Waals surface area contributed by atoms with Gasteiger partial charge >= 0.3 is 12.1 Å².